The van der Waals surface area contributed by atoms with Crippen molar-refractivity contribution in [2.75, 3.05) is 41.0 Å². The molecule has 0 aliphatic carbocycles. The van der Waals surface area contributed by atoms with Gasteiger partial charge in [0.15, 0.2) is 5.82 Å². The van der Waals surface area contributed by atoms with Gasteiger partial charge in [-0.1, -0.05) is 6.07 Å². The average molecular weight is 370 g/mol. The van der Waals surface area contributed by atoms with Gasteiger partial charge >= 0.3 is 0 Å². The van der Waals surface area contributed by atoms with E-state index in [0.717, 1.165) is 29.9 Å². The maximum Gasteiger partial charge on any atom is 0.263 e. The van der Waals surface area contributed by atoms with E-state index in [4.69, 9.17) is 29.0 Å². The van der Waals surface area contributed by atoms with Crippen LogP contribution in [0.5, 0.6) is 0 Å². The van der Waals surface area contributed by atoms with E-state index >= 15 is 0 Å². The standard InChI is InChI=1S/C15H21Cl2N7/c1-11-9-14(23(7-5-16)8-6-17)4-3-13(11)10-19-21-15-22-20-12(2)24(15)18/h3-4,9-10H,5-8,18H2,1-2H3,(H,21,22). The molecule has 1 aromatic heterocycles. The number of anilines is 2. The topological polar surface area (TPSA) is 84.4 Å². The summed E-state index contributed by atoms with van der Waals surface area (Å²) in [7, 11) is 0. The second-order valence-electron chi connectivity index (χ2n) is 5.22. The van der Waals surface area contributed by atoms with Gasteiger partial charge in [-0.25, -0.2) is 10.1 Å². The van der Waals surface area contributed by atoms with Gasteiger partial charge in [0.25, 0.3) is 5.95 Å². The molecule has 0 aliphatic heterocycles. The molecule has 0 radical (unpaired) electrons. The van der Waals surface area contributed by atoms with Crippen LogP contribution in [0.4, 0.5) is 11.6 Å². The molecule has 7 nitrogen and oxygen atoms in total. The van der Waals surface area contributed by atoms with Crippen LogP contribution in [0, 0.1) is 13.8 Å². The number of nitrogens with one attached hydrogen (secondary N) is 1. The monoisotopic (exact) mass is 369 g/mol. The summed E-state index contributed by atoms with van der Waals surface area (Å²) in [4.78, 5) is 2.16. The predicted octanol–water partition coefficient (Wildman–Crippen LogP) is 2.34. The summed E-state index contributed by atoms with van der Waals surface area (Å²) >= 11 is 11.7. The maximum atomic E-state index is 5.86. The van der Waals surface area contributed by atoms with Crippen molar-refractivity contribution in [3.63, 3.8) is 0 Å². The summed E-state index contributed by atoms with van der Waals surface area (Å²) in [6.07, 6.45) is 1.72. The number of nitrogens with zero attached hydrogens (tertiary/aromatic N) is 5. The molecule has 0 unspecified atom stereocenters. The Kier molecular flexibility index (Phi) is 6.69. The number of halogens is 2. The average Bonchev–Trinajstić information content (AvgIpc) is 2.88. The van der Waals surface area contributed by atoms with Crippen molar-refractivity contribution in [2.45, 2.75) is 13.8 Å². The third kappa shape index (κ3) is 4.52. The first kappa shape index (κ1) is 18.4. The van der Waals surface area contributed by atoms with Crippen LogP contribution in [0.1, 0.15) is 17.0 Å². The number of benzene rings is 1. The van der Waals surface area contributed by atoms with Crippen LogP contribution in [0.3, 0.4) is 0 Å². The Morgan fingerprint density at radius 3 is 2.50 bits per heavy atom. The Morgan fingerprint density at radius 2 is 1.96 bits per heavy atom. The molecule has 0 saturated carbocycles. The van der Waals surface area contributed by atoms with Gasteiger partial charge in [0.1, 0.15) is 0 Å². The molecule has 0 amide bonds. The Balaban J connectivity index is 2.08. The zero-order valence-corrected chi connectivity index (χ0v) is 15.2. The molecule has 2 aromatic rings. The number of hydrazone groups is 1. The Morgan fingerprint density at radius 1 is 1.25 bits per heavy atom. The third-order valence-electron chi connectivity index (χ3n) is 3.56. The van der Waals surface area contributed by atoms with Gasteiger partial charge in [0.05, 0.1) is 6.21 Å². The highest BCUT2D eigenvalue weighted by Crippen LogP contribution is 2.18. The van der Waals surface area contributed by atoms with Crippen molar-refractivity contribution in [2.24, 2.45) is 5.10 Å². The van der Waals surface area contributed by atoms with Crippen molar-refractivity contribution < 1.29 is 0 Å². The summed E-state index contributed by atoms with van der Waals surface area (Å²) in [5, 5.41) is 11.9. The van der Waals surface area contributed by atoms with Crippen molar-refractivity contribution >= 4 is 41.1 Å². The second-order valence-corrected chi connectivity index (χ2v) is 5.97. The van der Waals surface area contributed by atoms with Gasteiger partial charge < -0.3 is 10.7 Å². The highest BCUT2D eigenvalue weighted by Gasteiger charge is 2.07. The van der Waals surface area contributed by atoms with Crippen LogP contribution in [-0.4, -0.2) is 45.9 Å². The van der Waals surface area contributed by atoms with E-state index in [1.54, 1.807) is 13.1 Å². The molecular weight excluding hydrogens is 349 g/mol. The van der Waals surface area contributed by atoms with Crippen LogP contribution < -0.4 is 16.2 Å². The van der Waals surface area contributed by atoms with Gasteiger partial charge in [-0.2, -0.15) is 5.10 Å². The molecule has 130 valence electrons. The van der Waals surface area contributed by atoms with Crippen LogP contribution >= 0.6 is 23.2 Å². The SMILES string of the molecule is Cc1cc(N(CCCl)CCCl)ccc1C=NNc1nnc(C)n1N. The fraction of sp³-hybridized carbons (Fsp3) is 0.400. The molecule has 2 rings (SSSR count). The highest BCUT2D eigenvalue weighted by atomic mass is 35.5. The second kappa shape index (κ2) is 8.75. The lowest BCUT2D eigenvalue weighted by atomic mass is 10.1. The lowest BCUT2D eigenvalue weighted by Crippen LogP contribution is -2.27. The van der Waals surface area contributed by atoms with Gasteiger partial charge in [0, 0.05) is 30.5 Å². The Hall–Kier alpha value is -1.99. The molecule has 3 N–H and O–H groups in total. The summed E-state index contributed by atoms with van der Waals surface area (Å²) in [6.45, 7) is 5.31. The first-order valence-electron chi connectivity index (χ1n) is 7.50. The molecule has 1 aromatic carbocycles. The number of aromatic nitrogens is 3. The quantitative estimate of drug-likeness (QED) is 0.323. The van der Waals surface area contributed by atoms with E-state index in [2.05, 4.69) is 31.7 Å². The van der Waals surface area contributed by atoms with E-state index in [1.165, 1.54) is 4.68 Å². The predicted molar refractivity (Wildman–Crippen MR) is 101 cm³/mol. The molecule has 0 aliphatic rings. The fourth-order valence-corrected chi connectivity index (χ4v) is 2.59. The molecule has 24 heavy (non-hydrogen) atoms. The summed E-state index contributed by atoms with van der Waals surface area (Å²) in [5.74, 6) is 7.85. The number of nitrogen functional groups attached to an aromatic ring is 1. The summed E-state index contributed by atoms with van der Waals surface area (Å²) < 4.78 is 1.34. The van der Waals surface area contributed by atoms with Crippen LogP contribution in [0.2, 0.25) is 0 Å². The van der Waals surface area contributed by atoms with Gasteiger partial charge in [-0.3, -0.25) is 0 Å². The minimum atomic E-state index is 0.383. The van der Waals surface area contributed by atoms with Gasteiger partial charge in [0.2, 0.25) is 0 Å². The van der Waals surface area contributed by atoms with Gasteiger partial charge in [-0.05, 0) is 37.1 Å². The molecule has 0 bridgehead atoms. The zero-order valence-electron chi connectivity index (χ0n) is 13.7. The number of nitrogens with two attached hydrogens (primary N) is 1. The van der Waals surface area contributed by atoms with E-state index in [0.29, 0.717) is 23.5 Å². The molecular formula is C15H21Cl2N7. The molecule has 0 atom stereocenters. The highest BCUT2D eigenvalue weighted by molar-refractivity contribution is 6.18. The molecule has 0 spiro atoms. The van der Waals surface area contributed by atoms with Crippen molar-refractivity contribution in [3.8, 4) is 0 Å². The van der Waals surface area contributed by atoms with Crippen molar-refractivity contribution in [1.29, 1.82) is 0 Å². The first-order valence-corrected chi connectivity index (χ1v) is 8.57. The van der Waals surface area contributed by atoms with Crippen molar-refractivity contribution in [3.05, 3.63) is 35.2 Å². The zero-order chi connectivity index (χ0) is 17.5. The van der Waals surface area contributed by atoms with E-state index in [1.807, 2.05) is 19.1 Å². The third-order valence-corrected chi connectivity index (χ3v) is 3.90. The lowest BCUT2D eigenvalue weighted by Gasteiger charge is -2.23. The number of alkyl halides is 2. The molecule has 9 heteroatoms. The van der Waals surface area contributed by atoms with E-state index < -0.39 is 0 Å². The largest absolute Gasteiger partial charge is 0.369 e. The maximum absolute atomic E-state index is 5.86. The molecule has 0 saturated heterocycles. The summed E-state index contributed by atoms with van der Waals surface area (Å²) in [5.41, 5.74) is 5.95. The molecule has 0 fully saturated rings. The van der Waals surface area contributed by atoms with Crippen molar-refractivity contribution in [1.82, 2.24) is 14.9 Å². The minimum absolute atomic E-state index is 0.383. The normalized spacial score (nSPS) is 11.2. The van der Waals surface area contributed by atoms with Crippen LogP contribution in [-0.2, 0) is 0 Å². The number of hydrogen-bond acceptors (Lipinski definition) is 6. The minimum Gasteiger partial charge on any atom is -0.369 e. The Bertz CT molecular complexity index is 693. The summed E-state index contributed by atoms with van der Waals surface area (Å²) in [6, 6.07) is 6.13. The van der Waals surface area contributed by atoms with Crippen LogP contribution in [0.15, 0.2) is 23.3 Å². The smallest absolute Gasteiger partial charge is 0.263 e. The van der Waals surface area contributed by atoms with E-state index in [-0.39, 0.29) is 0 Å². The van der Waals surface area contributed by atoms with E-state index in [9.17, 15) is 0 Å². The van der Waals surface area contributed by atoms with Gasteiger partial charge in [-0.15, -0.1) is 33.4 Å². The van der Waals surface area contributed by atoms with Crippen LogP contribution in [0.25, 0.3) is 0 Å². The number of hydrogen-bond donors (Lipinski definition) is 2. The fourth-order valence-electron chi connectivity index (χ4n) is 2.18. The first-order chi connectivity index (χ1) is 11.6. The number of aryl methyl sites for hydroxylation is 2. The lowest BCUT2D eigenvalue weighted by molar-refractivity contribution is 0.873. The molecule has 1 heterocycles. The Labute approximate surface area is 151 Å². The number of rotatable bonds is 8.